The number of benzene rings is 3. The van der Waals surface area contributed by atoms with Gasteiger partial charge in [-0.3, -0.25) is 9.59 Å². The first-order valence-electron chi connectivity index (χ1n) is 10.7. The quantitative estimate of drug-likeness (QED) is 0.442. The number of fused-ring (bicyclic) bond motifs is 2. The van der Waals surface area contributed by atoms with E-state index >= 15 is 0 Å². The van der Waals surface area contributed by atoms with Gasteiger partial charge in [0.25, 0.3) is 5.91 Å². The second kappa shape index (κ2) is 8.13. The number of aryl methyl sites for hydroxylation is 1. The molecule has 1 aromatic heterocycles. The smallest absolute Gasteiger partial charge is 0.291 e. The molecule has 0 unspecified atom stereocenters. The molecule has 5 rings (SSSR count). The molecule has 0 aliphatic carbocycles. The third-order valence-corrected chi connectivity index (χ3v) is 6.07. The molecule has 0 bridgehead atoms. The molecule has 0 saturated carbocycles. The van der Waals surface area contributed by atoms with Gasteiger partial charge in [0.2, 0.25) is 5.76 Å². The Bertz CT molecular complexity index is 1420. The van der Waals surface area contributed by atoms with Crippen molar-refractivity contribution in [2.24, 2.45) is 0 Å². The van der Waals surface area contributed by atoms with Crippen LogP contribution in [0.2, 0.25) is 0 Å². The second-order valence-corrected chi connectivity index (χ2v) is 8.11. The summed E-state index contributed by atoms with van der Waals surface area (Å²) >= 11 is 0. The Kier molecular flexibility index (Phi) is 5.13. The van der Waals surface area contributed by atoms with E-state index in [0.717, 1.165) is 16.7 Å². The van der Waals surface area contributed by atoms with Crippen LogP contribution in [0.5, 0.6) is 11.5 Å². The van der Waals surface area contributed by atoms with E-state index in [4.69, 9.17) is 13.9 Å². The van der Waals surface area contributed by atoms with E-state index in [2.05, 4.69) is 0 Å². The third-order valence-electron chi connectivity index (χ3n) is 6.07. The molecule has 0 saturated heterocycles. The summed E-state index contributed by atoms with van der Waals surface area (Å²) in [5.41, 5.74) is 3.38. The molecule has 4 aromatic rings. The van der Waals surface area contributed by atoms with Crippen LogP contribution in [0.3, 0.4) is 0 Å². The maximum absolute atomic E-state index is 13.6. The molecule has 6 nitrogen and oxygen atoms in total. The standard InChI is InChI=1S/C27H23NO5/c1-16-8-10-17(11-9-16)15-28-24(18-12-13-21(31-2)22(14-18)32-3)23-25(29)19-6-4-5-7-20(19)33-26(23)27(28)30/h4-14,24H,15H2,1-3H3/t24-/m1/s1. The molecule has 6 heteroatoms. The molecule has 0 fully saturated rings. The van der Waals surface area contributed by atoms with E-state index in [0.29, 0.717) is 34.6 Å². The fraction of sp³-hybridized carbons (Fsp3) is 0.185. The highest BCUT2D eigenvalue weighted by molar-refractivity contribution is 5.99. The number of amides is 1. The zero-order valence-electron chi connectivity index (χ0n) is 18.6. The molecular weight excluding hydrogens is 418 g/mol. The van der Waals surface area contributed by atoms with Crippen molar-refractivity contribution in [3.05, 3.63) is 105 Å². The molecule has 1 atom stereocenters. The number of carbonyl (C=O) groups excluding carboxylic acids is 1. The third kappa shape index (κ3) is 3.44. The van der Waals surface area contributed by atoms with Crippen molar-refractivity contribution in [1.29, 1.82) is 0 Å². The van der Waals surface area contributed by atoms with Crippen molar-refractivity contribution < 1.29 is 18.7 Å². The van der Waals surface area contributed by atoms with Crippen molar-refractivity contribution in [3.8, 4) is 11.5 Å². The zero-order chi connectivity index (χ0) is 23.1. The van der Waals surface area contributed by atoms with Gasteiger partial charge in [-0.2, -0.15) is 0 Å². The van der Waals surface area contributed by atoms with Crippen LogP contribution >= 0.6 is 0 Å². The Hall–Kier alpha value is -4.06. The van der Waals surface area contributed by atoms with Gasteiger partial charge in [-0.05, 0) is 42.3 Å². The number of ether oxygens (including phenoxy) is 2. The van der Waals surface area contributed by atoms with Crippen LogP contribution in [0.1, 0.15) is 38.9 Å². The van der Waals surface area contributed by atoms with Gasteiger partial charge in [-0.1, -0.05) is 48.0 Å². The minimum Gasteiger partial charge on any atom is -0.493 e. The number of hydrogen-bond acceptors (Lipinski definition) is 5. The van der Waals surface area contributed by atoms with E-state index in [1.165, 1.54) is 0 Å². The topological polar surface area (TPSA) is 69.0 Å². The summed E-state index contributed by atoms with van der Waals surface area (Å²) < 4.78 is 16.9. The van der Waals surface area contributed by atoms with Crippen molar-refractivity contribution in [1.82, 2.24) is 4.90 Å². The second-order valence-electron chi connectivity index (χ2n) is 8.11. The molecule has 0 N–H and O–H groups in total. The molecule has 0 spiro atoms. The summed E-state index contributed by atoms with van der Waals surface area (Å²) in [5, 5.41) is 0.451. The number of rotatable bonds is 5. The molecule has 1 aliphatic heterocycles. The molecule has 3 aromatic carbocycles. The number of methoxy groups -OCH3 is 2. The molecular formula is C27H23NO5. The van der Waals surface area contributed by atoms with E-state index in [9.17, 15) is 9.59 Å². The average molecular weight is 441 g/mol. The minimum atomic E-state index is -0.616. The first kappa shape index (κ1) is 20.8. The lowest BCUT2D eigenvalue weighted by molar-refractivity contribution is 0.0714. The SMILES string of the molecule is COc1ccc([C@@H]2c3c(oc4ccccc4c3=O)C(=O)N2Cc2ccc(C)cc2)cc1OC. The van der Waals surface area contributed by atoms with Gasteiger partial charge in [-0.25, -0.2) is 0 Å². The normalized spacial score (nSPS) is 15.1. The van der Waals surface area contributed by atoms with Crippen LogP contribution in [0.25, 0.3) is 11.0 Å². The molecule has 1 amide bonds. The summed E-state index contributed by atoms with van der Waals surface area (Å²) in [6.45, 7) is 2.35. The highest BCUT2D eigenvalue weighted by atomic mass is 16.5. The fourth-order valence-corrected chi connectivity index (χ4v) is 4.39. The summed E-state index contributed by atoms with van der Waals surface area (Å²) in [4.78, 5) is 28.8. The summed E-state index contributed by atoms with van der Waals surface area (Å²) in [6, 6.07) is 19.8. The molecule has 33 heavy (non-hydrogen) atoms. The van der Waals surface area contributed by atoms with Crippen LogP contribution in [-0.2, 0) is 6.54 Å². The van der Waals surface area contributed by atoms with Crippen molar-refractivity contribution in [3.63, 3.8) is 0 Å². The van der Waals surface area contributed by atoms with Gasteiger partial charge in [0.05, 0.1) is 31.2 Å². The van der Waals surface area contributed by atoms with Gasteiger partial charge >= 0.3 is 0 Å². The summed E-state index contributed by atoms with van der Waals surface area (Å²) in [7, 11) is 3.12. The van der Waals surface area contributed by atoms with Gasteiger partial charge in [0.15, 0.2) is 16.9 Å². The van der Waals surface area contributed by atoms with Crippen LogP contribution in [0, 0.1) is 6.92 Å². The lowest BCUT2D eigenvalue weighted by atomic mass is 9.97. The predicted molar refractivity (Wildman–Crippen MR) is 125 cm³/mol. The van der Waals surface area contributed by atoms with Gasteiger partial charge in [0.1, 0.15) is 5.58 Å². The average Bonchev–Trinajstić information content (AvgIpc) is 3.12. The van der Waals surface area contributed by atoms with Crippen LogP contribution in [-0.4, -0.2) is 25.0 Å². The predicted octanol–water partition coefficient (Wildman–Crippen LogP) is 4.86. The van der Waals surface area contributed by atoms with E-state index < -0.39 is 6.04 Å². The molecule has 2 heterocycles. The Morgan fingerprint density at radius 3 is 2.36 bits per heavy atom. The maximum atomic E-state index is 13.6. The van der Waals surface area contributed by atoms with Gasteiger partial charge in [-0.15, -0.1) is 0 Å². The largest absolute Gasteiger partial charge is 0.493 e. The van der Waals surface area contributed by atoms with Crippen LogP contribution in [0.15, 0.2) is 75.9 Å². The van der Waals surface area contributed by atoms with E-state index in [1.807, 2.05) is 43.3 Å². The van der Waals surface area contributed by atoms with Gasteiger partial charge < -0.3 is 18.8 Å². The highest BCUT2D eigenvalue weighted by Crippen LogP contribution is 2.41. The molecule has 1 aliphatic rings. The Balaban J connectivity index is 1.72. The minimum absolute atomic E-state index is 0.0885. The lowest BCUT2D eigenvalue weighted by Gasteiger charge is -2.26. The van der Waals surface area contributed by atoms with Crippen molar-refractivity contribution >= 4 is 16.9 Å². The number of hydrogen-bond donors (Lipinski definition) is 0. The lowest BCUT2D eigenvalue weighted by Crippen LogP contribution is -2.29. The van der Waals surface area contributed by atoms with E-state index in [1.54, 1.807) is 49.5 Å². The molecule has 166 valence electrons. The Morgan fingerprint density at radius 2 is 1.64 bits per heavy atom. The summed E-state index contributed by atoms with van der Waals surface area (Å²) in [6.07, 6.45) is 0. The zero-order valence-corrected chi connectivity index (χ0v) is 18.6. The van der Waals surface area contributed by atoms with Gasteiger partial charge in [0, 0.05) is 6.54 Å². The Labute approximate surface area is 191 Å². The molecule has 0 radical (unpaired) electrons. The monoisotopic (exact) mass is 441 g/mol. The summed E-state index contributed by atoms with van der Waals surface area (Å²) in [5.74, 6) is 0.872. The maximum Gasteiger partial charge on any atom is 0.291 e. The first-order chi connectivity index (χ1) is 16.0. The first-order valence-corrected chi connectivity index (χ1v) is 10.7. The fourth-order valence-electron chi connectivity index (χ4n) is 4.39. The van der Waals surface area contributed by atoms with Crippen LogP contribution < -0.4 is 14.9 Å². The number of nitrogens with zero attached hydrogens (tertiary/aromatic N) is 1. The number of carbonyl (C=O) groups is 1. The highest BCUT2D eigenvalue weighted by Gasteiger charge is 2.43. The van der Waals surface area contributed by atoms with Crippen LogP contribution in [0.4, 0.5) is 0 Å². The van der Waals surface area contributed by atoms with E-state index in [-0.39, 0.29) is 17.1 Å². The van der Waals surface area contributed by atoms with Crippen molar-refractivity contribution in [2.45, 2.75) is 19.5 Å². The van der Waals surface area contributed by atoms with Crippen molar-refractivity contribution in [2.75, 3.05) is 14.2 Å². The number of para-hydroxylation sites is 1. The Morgan fingerprint density at radius 1 is 0.909 bits per heavy atom.